The number of amides is 1. The number of rotatable bonds is 8. The Labute approximate surface area is 151 Å². The van der Waals surface area contributed by atoms with Crippen molar-refractivity contribution in [3.05, 3.63) is 54.5 Å². The molecule has 136 valence electrons. The van der Waals surface area contributed by atoms with Gasteiger partial charge >= 0.3 is 0 Å². The number of benzene rings is 1. The molecule has 0 aliphatic rings. The van der Waals surface area contributed by atoms with Gasteiger partial charge in [0.25, 0.3) is 0 Å². The summed E-state index contributed by atoms with van der Waals surface area (Å²) in [5, 5.41) is 12.6. The highest BCUT2D eigenvalue weighted by Gasteiger charge is 2.07. The molecular formula is C19H21N3O4. The molecule has 0 bridgehead atoms. The summed E-state index contributed by atoms with van der Waals surface area (Å²) in [6.45, 7) is 0.779. The van der Waals surface area contributed by atoms with E-state index in [-0.39, 0.29) is 11.7 Å². The molecule has 26 heavy (non-hydrogen) atoms. The van der Waals surface area contributed by atoms with E-state index in [0.717, 1.165) is 11.5 Å². The highest BCUT2D eigenvalue weighted by Crippen LogP contribution is 2.18. The molecule has 2 N–H and O–H groups in total. The highest BCUT2D eigenvalue weighted by atomic mass is 16.5. The maximum Gasteiger partial charge on any atom is 0.220 e. The standard InChI is InChI=1S/C19H21N3O4/c1-25-15-6-8-16(9-7-15)26-11-3-5-18(24)20-12-14-13-22-10-2-4-17(23)19(22)21-14/h2,4,6-10,13,23H,3,5,11-12H2,1H3,(H,20,24). The van der Waals surface area contributed by atoms with Crippen molar-refractivity contribution in [2.45, 2.75) is 19.4 Å². The smallest absolute Gasteiger partial charge is 0.220 e. The lowest BCUT2D eigenvalue weighted by Gasteiger charge is -2.07. The summed E-state index contributed by atoms with van der Waals surface area (Å²) in [6, 6.07) is 10.6. The average Bonchev–Trinajstić information content (AvgIpc) is 3.09. The van der Waals surface area contributed by atoms with Gasteiger partial charge in [0.15, 0.2) is 11.4 Å². The first-order valence-electron chi connectivity index (χ1n) is 8.35. The van der Waals surface area contributed by atoms with E-state index in [9.17, 15) is 9.90 Å². The number of hydrogen-bond acceptors (Lipinski definition) is 5. The molecule has 0 saturated heterocycles. The maximum absolute atomic E-state index is 11.9. The molecule has 3 rings (SSSR count). The second-order valence-electron chi connectivity index (χ2n) is 5.76. The summed E-state index contributed by atoms with van der Waals surface area (Å²) < 4.78 is 12.4. The lowest BCUT2D eigenvalue weighted by Crippen LogP contribution is -2.23. The van der Waals surface area contributed by atoms with Gasteiger partial charge in [-0.2, -0.15) is 0 Å². The fourth-order valence-corrected chi connectivity index (χ4v) is 2.51. The molecule has 0 aliphatic carbocycles. The molecule has 7 nitrogen and oxygen atoms in total. The predicted octanol–water partition coefficient (Wildman–Crippen LogP) is 2.52. The van der Waals surface area contributed by atoms with Crippen LogP contribution in [0.2, 0.25) is 0 Å². The van der Waals surface area contributed by atoms with E-state index in [2.05, 4.69) is 10.3 Å². The Morgan fingerprint density at radius 3 is 2.73 bits per heavy atom. The minimum atomic E-state index is -0.0652. The van der Waals surface area contributed by atoms with Crippen LogP contribution in [-0.2, 0) is 11.3 Å². The lowest BCUT2D eigenvalue weighted by atomic mass is 10.3. The number of aromatic nitrogens is 2. The van der Waals surface area contributed by atoms with Gasteiger partial charge in [0.05, 0.1) is 26.0 Å². The van der Waals surface area contributed by atoms with Gasteiger partial charge in [-0.25, -0.2) is 4.98 Å². The van der Waals surface area contributed by atoms with Crippen LogP contribution >= 0.6 is 0 Å². The normalized spacial score (nSPS) is 10.7. The zero-order valence-electron chi connectivity index (χ0n) is 14.5. The summed E-state index contributed by atoms with van der Waals surface area (Å²) in [6.07, 6.45) is 4.56. The van der Waals surface area contributed by atoms with Crippen LogP contribution in [0.5, 0.6) is 17.2 Å². The van der Waals surface area contributed by atoms with Gasteiger partial charge in [0.1, 0.15) is 11.5 Å². The SMILES string of the molecule is COc1ccc(OCCCC(=O)NCc2cn3cccc(O)c3n2)cc1. The molecule has 0 saturated carbocycles. The number of nitrogens with zero attached hydrogens (tertiary/aromatic N) is 2. The summed E-state index contributed by atoms with van der Waals surface area (Å²) in [4.78, 5) is 16.2. The zero-order chi connectivity index (χ0) is 18.4. The Morgan fingerprint density at radius 2 is 2.00 bits per heavy atom. The number of imidazole rings is 1. The van der Waals surface area contributed by atoms with E-state index in [1.165, 1.54) is 0 Å². The molecule has 0 spiro atoms. The van der Waals surface area contributed by atoms with Gasteiger partial charge < -0.3 is 24.3 Å². The monoisotopic (exact) mass is 355 g/mol. The second kappa shape index (κ2) is 8.24. The summed E-state index contributed by atoms with van der Waals surface area (Å²) >= 11 is 0. The Bertz CT molecular complexity index is 874. The zero-order valence-corrected chi connectivity index (χ0v) is 14.5. The van der Waals surface area contributed by atoms with E-state index in [0.29, 0.717) is 37.3 Å². The number of carbonyl (C=O) groups is 1. The number of hydrogen-bond donors (Lipinski definition) is 2. The van der Waals surface area contributed by atoms with Crippen molar-refractivity contribution < 1.29 is 19.4 Å². The van der Waals surface area contributed by atoms with Crippen LogP contribution in [0.4, 0.5) is 0 Å². The third-order valence-corrected chi connectivity index (χ3v) is 3.86. The summed E-state index contributed by atoms with van der Waals surface area (Å²) in [5.74, 6) is 1.57. The first-order chi connectivity index (χ1) is 12.7. The Balaban J connectivity index is 1.39. The van der Waals surface area contributed by atoms with Crippen molar-refractivity contribution in [2.75, 3.05) is 13.7 Å². The molecule has 0 fully saturated rings. The van der Waals surface area contributed by atoms with Crippen molar-refractivity contribution in [3.8, 4) is 17.2 Å². The van der Waals surface area contributed by atoms with Crippen LogP contribution in [0.1, 0.15) is 18.5 Å². The van der Waals surface area contributed by atoms with Crippen LogP contribution in [0.15, 0.2) is 48.8 Å². The number of pyridine rings is 1. The molecule has 3 aromatic rings. The van der Waals surface area contributed by atoms with Crippen LogP contribution in [-0.4, -0.2) is 34.1 Å². The van der Waals surface area contributed by atoms with E-state index in [1.54, 1.807) is 36.0 Å². The number of ether oxygens (including phenoxy) is 2. The largest absolute Gasteiger partial charge is 0.504 e. The first kappa shape index (κ1) is 17.6. The lowest BCUT2D eigenvalue weighted by molar-refractivity contribution is -0.121. The molecule has 2 heterocycles. The van der Waals surface area contributed by atoms with Crippen molar-refractivity contribution in [1.29, 1.82) is 0 Å². The number of aromatic hydroxyl groups is 1. The molecule has 1 aromatic carbocycles. The van der Waals surface area contributed by atoms with Crippen molar-refractivity contribution >= 4 is 11.6 Å². The molecule has 1 amide bonds. The van der Waals surface area contributed by atoms with Gasteiger partial charge in [0, 0.05) is 18.8 Å². The minimum Gasteiger partial charge on any atom is -0.504 e. The van der Waals surface area contributed by atoms with Crippen LogP contribution in [0, 0.1) is 0 Å². The maximum atomic E-state index is 11.9. The third kappa shape index (κ3) is 4.44. The fourth-order valence-electron chi connectivity index (χ4n) is 2.51. The third-order valence-electron chi connectivity index (χ3n) is 3.86. The van der Waals surface area contributed by atoms with Gasteiger partial charge in [-0.3, -0.25) is 4.79 Å². The van der Waals surface area contributed by atoms with Gasteiger partial charge in [0.2, 0.25) is 5.91 Å². The molecule has 0 unspecified atom stereocenters. The first-order valence-corrected chi connectivity index (χ1v) is 8.35. The van der Waals surface area contributed by atoms with Crippen molar-refractivity contribution in [3.63, 3.8) is 0 Å². The molecule has 2 aromatic heterocycles. The Hall–Kier alpha value is -3.22. The number of fused-ring (bicyclic) bond motifs is 1. The molecule has 0 atom stereocenters. The predicted molar refractivity (Wildman–Crippen MR) is 96.4 cm³/mol. The van der Waals surface area contributed by atoms with E-state index < -0.39 is 0 Å². The van der Waals surface area contributed by atoms with Gasteiger partial charge in [-0.1, -0.05) is 0 Å². The molecule has 0 radical (unpaired) electrons. The summed E-state index contributed by atoms with van der Waals surface area (Å²) in [7, 11) is 1.61. The minimum absolute atomic E-state index is 0.0652. The van der Waals surface area contributed by atoms with Crippen LogP contribution in [0.25, 0.3) is 5.65 Å². The van der Waals surface area contributed by atoms with Gasteiger partial charge in [-0.05, 0) is 42.8 Å². The molecule has 7 heteroatoms. The van der Waals surface area contributed by atoms with Crippen molar-refractivity contribution in [1.82, 2.24) is 14.7 Å². The fraction of sp³-hybridized carbons (Fsp3) is 0.263. The number of methoxy groups -OCH3 is 1. The van der Waals surface area contributed by atoms with Gasteiger partial charge in [-0.15, -0.1) is 0 Å². The highest BCUT2D eigenvalue weighted by molar-refractivity contribution is 5.75. The Kier molecular flexibility index (Phi) is 5.58. The van der Waals surface area contributed by atoms with E-state index in [4.69, 9.17) is 9.47 Å². The molecular weight excluding hydrogens is 334 g/mol. The van der Waals surface area contributed by atoms with Crippen LogP contribution in [0.3, 0.4) is 0 Å². The second-order valence-corrected chi connectivity index (χ2v) is 5.76. The quantitative estimate of drug-likeness (QED) is 0.607. The van der Waals surface area contributed by atoms with Crippen molar-refractivity contribution in [2.24, 2.45) is 0 Å². The van der Waals surface area contributed by atoms with Crippen LogP contribution < -0.4 is 14.8 Å². The summed E-state index contributed by atoms with van der Waals surface area (Å²) in [5.41, 5.74) is 1.17. The average molecular weight is 355 g/mol. The Morgan fingerprint density at radius 1 is 1.23 bits per heavy atom. The molecule has 0 aliphatic heterocycles. The van der Waals surface area contributed by atoms with E-state index >= 15 is 0 Å². The van der Waals surface area contributed by atoms with E-state index in [1.807, 2.05) is 24.3 Å². The number of nitrogens with one attached hydrogen (secondary N) is 1. The topological polar surface area (TPSA) is 85.1 Å². The number of carbonyl (C=O) groups excluding carboxylic acids is 1.